The first-order valence-electron chi connectivity index (χ1n) is 7.94. The Morgan fingerprint density at radius 2 is 1.75 bits per heavy atom. The molecule has 0 bridgehead atoms. The zero-order valence-corrected chi connectivity index (χ0v) is 13.5. The largest absolute Gasteiger partial charge is 0.345 e. The molecule has 1 heterocycles. The average molecular weight is 321 g/mol. The highest BCUT2D eigenvalue weighted by molar-refractivity contribution is 5.76. The van der Waals surface area contributed by atoms with Crippen LogP contribution < -0.4 is 5.32 Å². The second kappa shape index (κ2) is 7.55. The summed E-state index contributed by atoms with van der Waals surface area (Å²) in [4.78, 5) is 16.4. The molecule has 1 aromatic heterocycles. The van der Waals surface area contributed by atoms with Crippen LogP contribution in [0, 0.1) is 0 Å². The van der Waals surface area contributed by atoms with Crippen molar-refractivity contribution >= 4 is 5.91 Å². The molecule has 5 nitrogen and oxygen atoms in total. The smallest absolute Gasteiger partial charge is 0.249 e. The predicted molar refractivity (Wildman–Crippen MR) is 91.1 cm³/mol. The lowest BCUT2D eigenvalue weighted by molar-refractivity contribution is -0.121. The third-order valence-corrected chi connectivity index (χ3v) is 3.71. The normalized spacial score (nSPS) is 11.9. The molecule has 3 aromatic rings. The van der Waals surface area contributed by atoms with E-state index in [1.807, 2.05) is 67.6 Å². The highest BCUT2D eigenvalue weighted by Crippen LogP contribution is 2.18. The maximum atomic E-state index is 12.1. The number of aromatic nitrogens is 2. The van der Waals surface area contributed by atoms with Crippen LogP contribution >= 0.6 is 0 Å². The fourth-order valence-electron chi connectivity index (χ4n) is 2.39. The highest BCUT2D eigenvalue weighted by Gasteiger charge is 2.17. The van der Waals surface area contributed by atoms with Crippen molar-refractivity contribution in [1.82, 2.24) is 15.5 Å². The summed E-state index contributed by atoms with van der Waals surface area (Å²) in [6.45, 7) is 1.84. The quantitative estimate of drug-likeness (QED) is 0.754. The Hall–Kier alpha value is -2.95. The molecule has 2 aromatic carbocycles. The molecule has 0 radical (unpaired) electrons. The Balaban J connectivity index is 1.56. The number of carbonyl (C=O) groups excluding carboxylic acids is 1. The van der Waals surface area contributed by atoms with E-state index in [0.717, 1.165) is 11.1 Å². The van der Waals surface area contributed by atoms with Crippen molar-refractivity contribution in [3.8, 4) is 11.4 Å². The molecule has 0 saturated carbocycles. The van der Waals surface area contributed by atoms with Gasteiger partial charge in [-0.25, -0.2) is 0 Å². The minimum absolute atomic E-state index is 0.0363. The molecular weight excluding hydrogens is 302 g/mol. The van der Waals surface area contributed by atoms with Crippen molar-refractivity contribution < 1.29 is 9.32 Å². The number of aryl methyl sites for hydroxylation is 1. The van der Waals surface area contributed by atoms with Crippen molar-refractivity contribution in [2.75, 3.05) is 0 Å². The lowest BCUT2D eigenvalue weighted by Crippen LogP contribution is -2.27. The van der Waals surface area contributed by atoms with E-state index in [2.05, 4.69) is 15.5 Å². The molecule has 1 N–H and O–H groups in total. The molecular formula is C19H19N3O2. The van der Waals surface area contributed by atoms with E-state index < -0.39 is 0 Å². The summed E-state index contributed by atoms with van der Waals surface area (Å²) >= 11 is 0. The maximum Gasteiger partial charge on any atom is 0.249 e. The molecule has 0 aliphatic heterocycles. The third kappa shape index (κ3) is 4.07. The van der Waals surface area contributed by atoms with Gasteiger partial charge in [0.1, 0.15) is 6.04 Å². The molecule has 24 heavy (non-hydrogen) atoms. The van der Waals surface area contributed by atoms with Crippen molar-refractivity contribution in [2.24, 2.45) is 0 Å². The number of nitrogens with zero attached hydrogens (tertiary/aromatic N) is 2. The summed E-state index contributed by atoms with van der Waals surface area (Å²) in [7, 11) is 0. The summed E-state index contributed by atoms with van der Waals surface area (Å²) in [5.74, 6) is 0.892. The highest BCUT2D eigenvalue weighted by atomic mass is 16.5. The van der Waals surface area contributed by atoms with Gasteiger partial charge in [-0.3, -0.25) is 4.79 Å². The second-order valence-electron chi connectivity index (χ2n) is 5.60. The zero-order valence-electron chi connectivity index (χ0n) is 13.5. The molecule has 0 fully saturated rings. The van der Waals surface area contributed by atoms with Gasteiger partial charge in [0.15, 0.2) is 0 Å². The van der Waals surface area contributed by atoms with Crippen molar-refractivity contribution in [2.45, 2.75) is 25.8 Å². The molecule has 5 heteroatoms. The van der Waals surface area contributed by atoms with Gasteiger partial charge in [-0.1, -0.05) is 65.8 Å². The summed E-state index contributed by atoms with van der Waals surface area (Å²) < 4.78 is 5.27. The molecule has 0 spiro atoms. The molecule has 1 atom stereocenters. The minimum Gasteiger partial charge on any atom is -0.345 e. The first kappa shape index (κ1) is 15.9. The number of amides is 1. The van der Waals surface area contributed by atoms with Crippen LogP contribution in [-0.4, -0.2) is 16.0 Å². The van der Waals surface area contributed by atoms with Crippen molar-refractivity contribution in [3.05, 3.63) is 72.1 Å². The van der Waals surface area contributed by atoms with Gasteiger partial charge in [0.05, 0.1) is 0 Å². The van der Waals surface area contributed by atoms with Gasteiger partial charge in [0.2, 0.25) is 17.6 Å². The summed E-state index contributed by atoms with van der Waals surface area (Å²) in [5.41, 5.74) is 2.03. The van der Waals surface area contributed by atoms with Crippen LogP contribution in [0.25, 0.3) is 11.4 Å². The first-order chi connectivity index (χ1) is 11.7. The van der Waals surface area contributed by atoms with E-state index in [4.69, 9.17) is 4.52 Å². The predicted octanol–water partition coefficient (Wildman–Crippen LogP) is 3.55. The van der Waals surface area contributed by atoms with E-state index >= 15 is 0 Å². The van der Waals surface area contributed by atoms with Crippen molar-refractivity contribution in [1.29, 1.82) is 0 Å². The van der Waals surface area contributed by atoms with Gasteiger partial charge in [-0.15, -0.1) is 0 Å². The van der Waals surface area contributed by atoms with E-state index in [9.17, 15) is 4.79 Å². The number of benzene rings is 2. The molecule has 122 valence electrons. The van der Waals surface area contributed by atoms with Crippen molar-refractivity contribution in [3.63, 3.8) is 0 Å². The molecule has 0 aliphatic rings. The van der Waals surface area contributed by atoms with Gasteiger partial charge in [-0.05, 0) is 18.9 Å². The average Bonchev–Trinajstić information content (AvgIpc) is 3.12. The van der Waals surface area contributed by atoms with E-state index in [1.54, 1.807) is 0 Å². The third-order valence-electron chi connectivity index (χ3n) is 3.71. The standard InChI is InChI=1S/C19H19N3O2/c1-14(20-17(23)13-12-15-8-4-2-5-9-15)19-21-18(22-24-19)16-10-6-3-7-11-16/h2-11,14H,12-13H2,1H3,(H,20,23)/t14-/m1/s1. The van der Waals surface area contributed by atoms with Gasteiger partial charge in [0, 0.05) is 12.0 Å². The molecule has 0 aliphatic carbocycles. The summed E-state index contributed by atoms with van der Waals surface area (Å²) in [6.07, 6.45) is 1.13. The van der Waals surface area contributed by atoms with E-state index in [-0.39, 0.29) is 11.9 Å². The van der Waals surface area contributed by atoms with Crippen LogP contribution in [0.15, 0.2) is 65.2 Å². The van der Waals surface area contributed by atoms with Gasteiger partial charge >= 0.3 is 0 Å². The Morgan fingerprint density at radius 3 is 2.46 bits per heavy atom. The van der Waals surface area contributed by atoms with Crippen LogP contribution in [0.4, 0.5) is 0 Å². The molecule has 1 amide bonds. The Labute approximate surface area is 140 Å². The second-order valence-corrected chi connectivity index (χ2v) is 5.60. The minimum atomic E-state index is -0.321. The van der Waals surface area contributed by atoms with Crippen LogP contribution in [-0.2, 0) is 11.2 Å². The van der Waals surface area contributed by atoms with Gasteiger partial charge < -0.3 is 9.84 Å². The van der Waals surface area contributed by atoms with Crippen LogP contribution in [0.5, 0.6) is 0 Å². The lowest BCUT2D eigenvalue weighted by Gasteiger charge is -2.09. The zero-order chi connectivity index (χ0) is 16.8. The summed E-state index contributed by atoms with van der Waals surface area (Å²) in [5, 5.41) is 6.87. The van der Waals surface area contributed by atoms with Gasteiger partial charge in [0.25, 0.3) is 0 Å². The topological polar surface area (TPSA) is 68.0 Å². The van der Waals surface area contributed by atoms with Crippen LogP contribution in [0.2, 0.25) is 0 Å². The van der Waals surface area contributed by atoms with E-state index in [1.165, 1.54) is 0 Å². The molecule has 0 unspecified atom stereocenters. The Kier molecular flexibility index (Phi) is 5.01. The monoisotopic (exact) mass is 321 g/mol. The first-order valence-corrected chi connectivity index (χ1v) is 7.94. The summed E-state index contributed by atoms with van der Waals surface area (Å²) in [6, 6.07) is 19.2. The van der Waals surface area contributed by atoms with Gasteiger partial charge in [-0.2, -0.15) is 4.98 Å². The Morgan fingerprint density at radius 1 is 1.08 bits per heavy atom. The Bertz CT molecular complexity index is 785. The number of rotatable bonds is 6. The molecule has 0 saturated heterocycles. The number of hydrogen-bond donors (Lipinski definition) is 1. The fraction of sp³-hybridized carbons (Fsp3) is 0.211. The number of nitrogens with one attached hydrogen (secondary N) is 1. The van der Waals surface area contributed by atoms with E-state index in [0.29, 0.717) is 24.6 Å². The maximum absolute atomic E-state index is 12.1. The van der Waals surface area contributed by atoms with Crippen LogP contribution in [0.3, 0.4) is 0 Å². The SMILES string of the molecule is C[C@@H](NC(=O)CCc1ccccc1)c1nc(-c2ccccc2)no1. The lowest BCUT2D eigenvalue weighted by atomic mass is 10.1. The number of hydrogen-bond acceptors (Lipinski definition) is 4. The molecule has 3 rings (SSSR count). The number of carbonyl (C=O) groups is 1. The fourth-order valence-corrected chi connectivity index (χ4v) is 2.39. The van der Waals surface area contributed by atoms with Crippen LogP contribution in [0.1, 0.15) is 30.8 Å².